The zero-order valence-electron chi connectivity index (χ0n) is 26.0. The predicted molar refractivity (Wildman–Crippen MR) is 165 cm³/mol. The summed E-state index contributed by atoms with van der Waals surface area (Å²) in [6, 6.07) is 0. The number of phosphoric ester groups is 1. The molecule has 0 bridgehead atoms. The number of phosphoric acid groups is 1. The first-order valence-electron chi connectivity index (χ1n) is 16.2. The van der Waals surface area contributed by atoms with E-state index in [4.69, 9.17) is 13.8 Å². The molecule has 10 heteroatoms. The van der Waals surface area contributed by atoms with Gasteiger partial charge >= 0.3 is 13.8 Å². The summed E-state index contributed by atoms with van der Waals surface area (Å²) in [5, 5.41) is 12.5. The Morgan fingerprint density at radius 3 is 1.83 bits per heavy atom. The molecule has 0 radical (unpaired) electrons. The number of hydrogen-bond acceptors (Lipinski definition) is 7. The fourth-order valence-electron chi connectivity index (χ4n) is 4.20. The smallest absolute Gasteiger partial charge is 0.463 e. The highest BCUT2D eigenvalue weighted by atomic mass is 31.2. The normalized spacial score (nSPS) is 13.8. The quantitative estimate of drug-likeness (QED) is 0.0331. The van der Waals surface area contributed by atoms with E-state index in [0.717, 1.165) is 70.6 Å². The summed E-state index contributed by atoms with van der Waals surface area (Å²) < 4.78 is 26.5. The predicted octanol–water partition coefficient (Wildman–Crippen LogP) is 7.54. The molecule has 2 unspecified atom stereocenters. The Morgan fingerprint density at radius 2 is 1.24 bits per heavy atom. The second kappa shape index (κ2) is 28.9. The number of rotatable bonds is 30. The molecule has 0 heterocycles. The van der Waals surface area contributed by atoms with E-state index in [1.54, 1.807) is 0 Å². The van der Waals surface area contributed by atoms with Crippen LogP contribution in [0, 0.1) is 0 Å². The van der Waals surface area contributed by atoms with Gasteiger partial charge < -0.3 is 20.1 Å². The van der Waals surface area contributed by atoms with Crippen LogP contribution in [0.4, 0.5) is 0 Å². The van der Waals surface area contributed by atoms with Crippen molar-refractivity contribution in [1.29, 1.82) is 0 Å². The Morgan fingerprint density at radius 1 is 0.732 bits per heavy atom. The Kier molecular flexibility index (Phi) is 28.0. The summed E-state index contributed by atoms with van der Waals surface area (Å²) in [4.78, 5) is 33.3. The van der Waals surface area contributed by atoms with Gasteiger partial charge in [-0.2, -0.15) is 0 Å². The van der Waals surface area contributed by atoms with E-state index in [9.17, 15) is 24.2 Å². The lowest BCUT2D eigenvalue weighted by molar-refractivity contribution is -0.147. The molecule has 1 amide bonds. The molecule has 0 aromatic heterocycles. The lowest BCUT2D eigenvalue weighted by atomic mass is 10.1. The number of carbonyl (C=O) groups is 2. The highest BCUT2D eigenvalue weighted by Gasteiger charge is 2.23. The molecule has 0 saturated carbocycles. The fraction of sp³-hybridized carbons (Fsp3) is 0.871. The first-order valence-corrected chi connectivity index (χ1v) is 17.7. The summed E-state index contributed by atoms with van der Waals surface area (Å²) >= 11 is 0. The Hall–Kier alpha value is -1.25. The van der Waals surface area contributed by atoms with E-state index < -0.39 is 26.5 Å². The van der Waals surface area contributed by atoms with Crippen LogP contribution in [0.2, 0.25) is 0 Å². The Bertz CT molecular complexity index is 704. The van der Waals surface area contributed by atoms with Crippen LogP contribution in [-0.2, 0) is 27.9 Å². The van der Waals surface area contributed by atoms with Crippen molar-refractivity contribution in [3.63, 3.8) is 0 Å². The second-order valence-corrected chi connectivity index (χ2v) is 12.2. The summed E-state index contributed by atoms with van der Waals surface area (Å²) in [5.74, 6) is -0.538. The molecule has 0 rings (SSSR count). The number of aliphatic hydroxyl groups excluding tert-OH is 1. The molecular weight excluding hydrogens is 545 g/mol. The van der Waals surface area contributed by atoms with E-state index in [0.29, 0.717) is 6.42 Å². The van der Waals surface area contributed by atoms with Crippen molar-refractivity contribution in [2.45, 2.75) is 148 Å². The average Bonchev–Trinajstić information content (AvgIpc) is 2.95. The van der Waals surface area contributed by atoms with E-state index in [-0.39, 0.29) is 32.1 Å². The largest absolute Gasteiger partial charge is 0.472 e. The summed E-state index contributed by atoms with van der Waals surface area (Å²) in [6.07, 6.45) is 24.6. The van der Waals surface area contributed by atoms with E-state index in [1.165, 1.54) is 44.9 Å². The van der Waals surface area contributed by atoms with E-state index in [1.807, 2.05) is 0 Å². The number of allylic oxidation sites excluding steroid dienone is 2. The lowest BCUT2D eigenvalue weighted by Crippen LogP contribution is -2.27. The van der Waals surface area contributed by atoms with Gasteiger partial charge in [-0.1, -0.05) is 103 Å². The van der Waals surface area contributed by atoms with E-state index >= 15 is 0 Å². The molecule has 0 spiro atoms. The minimum atomic E-state index is -4.39. The molecule has 3 N–H and O–H groups in total. The monoisotopic (exact) mass is 605 g/mol. The first-order chi connectivity index (χ1) is 19.8. The van der Waals surface area contributed by atoms with Gasteiger partial charge in [0.25, 0.3) is 0 Å². The van der Waals surface area contributed by atoms with Crippen LogP contribution in [0.5, 0.6) is 0 Å². The minimum Gasteiger partial charge on any atom is -0.463 e. The summed E-state index contributed by atoms with van der Waals surface area (Å²) in [7, 11) is -4.39. The molecule has 0 aliphatic heterocycles. The third kappa shape index (κ3) is 30.0. The van der Waals surface area contributed by atoms with Crippen LogP contribution in [0.15, 0.2) is 12.2 Å². The zero-order valence-corrected chi connectivity index (χ0v) is 26.9. The van der Waals surface area contributed by atoms with Crippen LogP contribution in [0.1, 0.15) is 142 Å². The second-order valence-electron chi connectivity index (χ2n) is 10.8. The third-order valence-corrected chi connectivity index (χ3v) is 7.68. The number of carbonyl (C=O) groups excluding carboxylic acids is 2. The maximum atomic E-state index is 11.9. The molecule has 0 aromatic carbocycles. The van der Waals surface area contributed by atoms with Gasteiger partial charge in [0, 0.05) is 19.4 Å². The number of amides is 1. The molecule has 9 nitrogen and oxygen atoms in total. The molecule has 0 aliphatic carbocycles. The maximum absolute atomic E-state index is 11.9. The van der Waals surface area contributed by atoms with Crippen molar-refractivity contribution in [1.82, 2.24) is 5.32 Å². The van der Waals surface area contributed by atoms with Crippen LogP contribution >= 0.6 is 7.82 Å². The number of hydrogen-bond donors (Lipinski definition) is 3. The zero-order chi connectivity index (χ0) is 30.4. The number of nitrogens with one attached hydrogen (secondary N) is 1. The molecule has 2 atom stereocenters. The van der Waals surface area contributed by atoms with E-state index in [2.05, 4.69) is 31.3 Å². The Balaban J connectivity index is 3.64. The number of aliphatic hydroxyl groups is 1. The van der Waals surface area contributed by atoms with Crippen LogP contribution in [0.25, 0.3) is 0 Å². The maximum Gasteiger partial charge on any atom is 0.472 e. The summed E-state index contributed by atoms with van der Waals surface area (Å²) in [6.45, 7) is 3.42. The minimum absolute atomic E-state index is 0.0816. The van der Waals surface area contributed by atoms with Gasteiger partial charge in [-0.3, -0.25) is 18.6 Å². The van der Waals surface area contributed by atoms with Crippen molar-refractivity contribution < 1.29 is 37.9 Å². The molecule has 0 saturated heterocycles. The van der Waals surface area contributed by atoms with Gasteiger partial charge in [0.15, 0.2) is 0 Å². The van der Waals surface area contributed by atoms with Gasteiger partial charge in [-0.25, -0.2) is 4.57 Å². The highest BCUT2D eigenvalue weighted by Crippen LogP contribution is 2.42. The van der Waals surface area contributed by atoms with Crippen molar-refractivity contribution in [2.75, 3.05) is 26.4 Å². The van der Waals surface area contributed by atoms with Gasteiger partial charge in [0.2, 0.25) is 5.91 Å². The highest BCUT2D eigenvalue weighted by molar-refractivity contribution is 7.47. The lowest BCUT2D eigenvalue weighted by Gasteiger charge is -2.15. The molecular formula is C31H60NO8P. The number of ether oxygens (including phenoxy) is 1. The molecule has 0 fully saturated rings. The van der Waals surface area contributed by atoms with Crippen LogP contribution in [0.3, 0.4) is 0 Å². The van der Waals surface area contributed by atoms with Crippen molar-refractivity contribution >= 4 is 19.7 Å². The fourth-order valence-corrected chi connectivity index (χ4v) is 4.95. The average molecular weight is 606 g/mol. The topological polar surface area (TPSA) is 131 Å². The summed E-state index contributed by atoms with van der Waals surface area (Å²) in [5.41, 5.74) is 0. The van der Waals surface area contributed by atoms with Gasteiger partial charge in [0.1, 0.15) is 12.7 Å². The third-order valence-electron chi connectivity index (χ3n) is 6.70. The van der Waals surface area contributed by atoms with Crippen LogP contribution in [-0.4, -0.2) is 54.3 Å². The standard InChI is InChI=1S/C31H60NO8P/c1-3-5-7-9-10-11-12-13-14-15-16-17-18-20-22-24-31(35)38-27-29(33)28-40-41(36,37)39-26-25-32-30(34)23-21-19-8-6-4-2/h13-14,29,33H,3-12,15-28H2,1-2H3,(H,32,34)(H,36,37)/b14-13-. The first kappa shape index (κ1) is 39.8. The van der Waals surface area contributed by atoms with Crippen LogP contribution < -0.4 is 5.32 Å². The van der Waals surface area contributed by atoms with Gasteiger partial charge in [-0.15, -0.1) is 0 Å². The van der Waals surface area contributed by atoms with Crippen molar-refractivity contribution in [3.8, 4) is 0 Å². The van der Waals surface area contributed by atoms with Crippen molar-refractivity contribution in [3.05, 3.63) is 12.2 Å². The molecule has 242 valence electrons. The van der Waals surface area contributed by atoms with Crippen molar-refractivity contribution in [2.24, 2.45) is 0 Å². The number of unbranched alkanes of at least 4 members (excludes halogenated alkanes) is 15. The molecule has 41 heavy (non-hydrogen) atoms. The van der Waals surface area contributed by atoms with Gasteiger partial charge in [-0.05, 0) is 38.5 Å². The Labute approximate surface area is 249 Å². The molecule has 0 aliphatic rings. The molecule has 0 aromatic rings. The SMILES string of the molecule is CCCCCCCC/C=C\CCCCCCCC(=O)OCC(O)COP(=O)(O)OCCNC(=O)CCCCCCC. The van der Waals surface area contributed by atoms with Gasteiger partial charge in [0.05, 0.1) is 13.2 Å². The number of esters is 1.